The number of carbonyl (C=O) groups excluding carboxylic acids is 2. The van der Waals surface area contributed by atoms with E-state index in [4.69, 9.17) is 16.3 Å². The average Bonchev–Trinajstić information content (AvgIpc) is 2.23. The summed E-state index contributed by atoms with van der Waals surface area (Å²) in [6.07, 6.45) is 2.52. The van der Waals surface area contributed by atoms with Crippen molar-refractivity contribution in [3.63, 3.8) is 0 Å². The maximum atomic E-state index is 11.1. The van der Waals surface area contributed by atoms with E-state index in [9.17, 15) is 9.59 Å². The Morgan fingerprint density at radius 2 is 2.19 bits per heavy atom. The van der Waals surface area contributed by atoms with Crippen molar-refractivity contribution in [1.82, 2.24) is 10.6 Å². The minimum absolute atomic E-state index is 0.340. The lowest BCUT2D eigenvalue weighted by molar-refractivity contribution is -0.119. The van der Waals surface area contributed by atoms with Gasteiger partial charge in [0, 0.05) is 6.54 Å². The third-order valence-electron chi connectivity index (χ3n) is 1.60. The van der Waals surface area contributed by atoms with E-state index in [-0.39, 0.29) is 0 Å². The maximum absolute atomic E-state index is 11.1. The van der Waals surface area contributed by atoms with Crippen LogP contribution in [0.5, 0.6) is 0 Å². The lowest BCUT2D eigenvalue weighted by atomic mass is 10.4. The molecule has 0 aliphatic rings. The zero-order valence-electron chi connectivity index (χ0n) is 9.29. The van der Waals surface area contributed by atoms with Crippen molar-refractivity contribution < 1.29 is 14.3 Å². The normalized spacial score (nSPS) is 11.6. The van der Waals surface area contributed by atoms with E-state index in [0.717, 1.165) is 6.42 Å². The number of hydrogen-bond donors (Lipinski definition) is 2. The smallest absolute Gasteiger partial charge is 0.321 e. The van der Waals surface area contributed by atoms with Crippen LogP contribution in [-0.2, 0) is 9.53 Å². The summed E-state index contributed by atoms with van der Waals surface area (Å²) >= 11 is 5.46. The summed E-state index contributed by atoms with van der Waals surface area (Å²) in [5.41, 5.74) is 0. The molecule has 6 heteroatoms. The molecule has 0 heterocycles. The molecule has 0 aromatic carbocycles. The highest BCUT2D eigenvalue weighted by Gasteiger charge is 2.11. The Hall–Kier alpha value is -1.07. The fourth-order valence-electron chi connectivity index (χ4n) is 0.761. The van der Waals surface area contributed by atoms with Crippen molar-refractivity contribution in [2.24, 2.45) is 0 Å². The lowest BCUT2D eigenvalue weighted by Crippen LogP contribution is -2.43. The summed E-state index contributed by atoms with van der Waals surface area (Å²) in [7, 11) is 0. The number of ether oxygens (including phenoxy) is 1. The van der Waals surface area contributed by atoms with Gasteiger partial charge in [-0.05, 0) is 13.3 Å². The summed E-state index contributed by atoms with van der Waals surface area (Å²) < 4.78 is 5.15. The number of halogens is 1. The van der Waals surface area contributed by atoms with E-state index in [1.54, 1.807) is 6.08 Å². The van der Waals surface area contributed by atoms with Crippen LogP contribution in [0.15, 0.2) is 12.7 Å². The Labute approximate surface area is 100 Å². The highest BCUT2D eigenvalue weighted by molar-refractivity contribution is 6.31. The van der Waals surface area contributed by atoms with Gasteiger partial charge in [0.15, 0.2) is 0 Å². The Kier molecular flexibility index (Phi) is 8.56. The highest BCUT2D eigenvalue weighted by Crippen LogP contribution is 1.91. The van der Waals surface area contributed by atoms with E-state index in [1.165, 1.54) is 6.92 Å². The maximum Gasteiger partial charge on any atom is 0.321 e. The summed E-state index contributed by atoms with van der Waals surface area (Å²) in [6, 6.07) is -0.565. The lowest BCUT2D eigenvalue weighted by Gasteiger charge is -2.07. The molecule has 0 aliphatic heterocycles. The number of hydrogen-bond acceptors (Lipinski definition) is 3. The van der Waals surface area contributed by atoms with Crippen LogP contribution in [0.25, 0.3) is 0 Å². The van der Waals surface area contributed by atoms with Crippen LogP contribution in [0.1, 0.15) is 13.3 Å². The molecule has 5 nitrogen and oxygen atoms in total. The topological polar surface area (TPSA) is 67.4 Å². The van der Waals surface area contributed by atoms with Crippen molar-refractivity contribution >= 4 is 23.5 Å². The monoisotopic (exact) mass is 248 g/mol. The van der Waals surface area contributed by atoms with Crippen LogP contribution < -0.4 is 10.6 Å². The van der Waals surface area contributed by atoms with Crippen molar-refractivity contribution in [3.05, 3.63) is 12.7 Å². The molecule has 0 radical (unpaired) electrons. The molecule has 2 N–H and O–H groups in total. The molecule has 92 valence electrons. The average molecular weight is 249 g/mol. The molecule has 1 unspecified atom stereocenters. The van der Waals surface area contributed by atoms with Crippen molar-refractivity contribution in [2.45, 2.75) is 18.7 Å². The molecule has 16 heavy (non-hydrogen) atoms. The zero-order valence-corrected chi connectivity index (χ0v) is 10.0. The highest BCUT2D eigenvalue weighted by atomic mass is 35.5. The Morgan fingerprint density at radius 1 is 1.50 bits per heavy atom. The molecule has 3 amide bonds. The van der Waals surface area contributed by atoms with Crippen molar-refractivity contribution in [1.29, 1.82) is 0 Å². The largest absolute Gasteiger partial charge is 0.379 e. The van der Waals surface area contributed by atoms with Gasteiger partial charge >= 0.3 is 6.03 Å². The second-order valence-electron chi connectivity index (χ2n) is 3.05. The molecule has 0 aliphatic carbocycles. The fraction of sp³-hybridized carbons (Fsp3) is 0.600. The van der Waals surface area contributed by atoms with Gasteiger partial charge in [0.1, 0.15) is 5.38 Å². The number of alkyl halides is 1. The summed E-state index contributed by atoms with van der Waals surface area (Å²) in [5, 5.41) is 3.83. The summed E-state index contributed by atoms with van der Waals surface area (Å²) in [4.78, 5) is 22.1. The van der Waals surface area contributed by atoms with E-state index in [1.807, 2.05) is 0 Å². The number of carbonyl (C=O) groups is 2. The molecule has 0 spiro atoms. The molecule has 0 fully saturated rings. The number of nitrogens with one attached hydrogen (secondary N) is 2. The van der Waals surface area contributed by atoms with Gasteiger partial charge in [0.2, 0.25) is 5.91 Å². The van der Waals surface area contributed by atoms with Crippen LogP contribution in [0, 0.1) is 0 Å². The second-order valence-corrected chi connectivity index (χ2v) is 3.71. The van der Waals surface area contributed by atoms with Gasteiger partial charge in [-0.1, -0.05) is 6.08 Å². The third kappa shape index (κ3) is 8.26. The minimum atomic E-state index is -0.727. The summed E-state index contributed by atoms with van der Waals surface area (Å²) in [5.74, 6) is -0.522. The standard InChI is InChI=1S/C10H17ClN2O3/c1-3-4-6-16-7-5-12-10(15)13-9(14)8(2)11/h3,8H,1,4-7H2,2H3,(H2,12,13,14,15). The molecule has 0 saturated heterocycles. The van der Waals surface area contributed by atoms with Gasteiger partial charge in [0.05, 0.1) is 13.2 Å². The van der Waals surface area contributed by atoms with E-state index in [2.05, 4.69) is 17.2 Å². The van der Waals surface area contributed by atoms with Gasteiger partial charge in [-0.15, -0.1) is 18.2 Å². The fourth-order valence-corrected chi connectivity index (χ4v) is 0.816. The van der Waals surface area contributed by atoms with Crippen LogP contribution in [0.4, 0.5) is 4.79 Å². The van der Waals surface area contributed by atoms with Crippen LogP contribution in [-0.4, -0.2) is 37.1 Å². The first-order chi connectivity index (χ1) is 7.57. The third-order valence-corrected chi connectivity index (χ3v) is 1.79. The number of urea groups is 1. The minimum Gasteiger partial charge on any atom is -0.379 e. The SMILES string of the molecule is C=CCCOCCNC(=O)NC(=O)C(C)Cl. The molecule has 0 aromatic heterocycles. The van der Waals surface area contributed by atoms with Crippen LogP contribution >= 0.6 is 11.6 Å². The van der Waals surface area contributed by atoms with Crippen LogP contribution in [0.3, 0.4) is 0 Å². The molecule has 0 saturated carbocycles. The molecular weight excluding hydrogens is 232 g/mol. The van der Waals surface area contributed by atoms with Crippen LogP contribution in [0.2, 0.25) is 0 Å². The molecule has 1 atom stereocenters. The van der Waals surface area contributed by atoms with Gasteiger partial charge in [-0.25, -0.2) is 4.79 Å². The van der Waals surface area contributed by atoms with E-state index < -0.39 is 17.3 Å². The molecular formula is C10H17ClN2O3. The van der Waals surface area contributed by atoms with Gasteiger partial charge < -0.3 is 10.1 Å². The Bertz CT molecular complexity index is 244. The zero-order chi connectivity index (χ0) is 12.4. The van der Waals surface area contributed by atoms with Crippen molar-refractivity contribution in [3.8, 4) is 0 Å². The van der Waals surface area contributed by atoms with Gasteiger partial charge in [-0.3, -0.25) is 10.1 Å². The second kappa shape index (κ2) is 9.18. The molecule has 0 bridgehead atoms. The first-order valence-corrected chi connectivity index (χ1v) is 5.43. The Balaban J connectivity index is 3.44. The predicted octanol–water partition coefficient (Wildman–Crippen LogP) is 1.03. The summed E-state index contributed by atoms with van der Waals surface area (Å²) in [6.45, 7) is 6.34. The number of rotatable bonds is 7. The van der Waals surface area contributed by atoms with E-state index in [0.29, 0.717) is 19.8 Å². The van der Waals surface area contributed by atoms with Gasteiger partial charge in [-0.2, -0.15) is 0 Å². The van der Waals surface area contributed by atoms with E-state index >= 15 is 0 Å². The molecule has 0 aromatic rings. The molecule has 0 rings (SSSR count). The first-order valence-electron chi connectivity index (χ1n) is 4.99. The quantitative estimate of drug-likeness (QED) is 0.402. The number of amides is 3. The van der Waals surface area contributed by atoms with Gasteiger partial charge in [0.25, 0.3) is 0 Å². The Morgan fingerprint density at radius 3 is 2.75 bits per heavy atom. The van der Waals surface area contributed by atoms with Crippen molar-refractivity contribution in [2.75, 3.05) is 19.8 Å². The predicted molar refractivity (Wildman–Crippen MR) is 62.5 cm³/mol. The number of imide groups is 1. The first kappa shape index (κ1) is 14.9.